The largest absolute Gasteiger partial charge is 0.350 e. The number of rotatable bonds is 18. The molecule has 3 amide bonds. The number of nitrogens with two attached hydrogens (primary N) is 3. The van der Waals surface area contributed by atoms with Crippen molar-refractivity contribution in [1.82, 2.24) is 19.8 Å². The molecule has 0 heterocycles. The Labute approximate surface area is 251 Å². The van der Waals surface area contributed by atoms with E-state index >= 15 is 0 Å². The summed E-state index contributed by atoms with van der Waals surface area (Å²) in [4.78, 5) is 40.6. The van der Waals surface area contributed by atoms with Gasteiger partial charge in [-0.25, -0.2) is 8.42 Å². The highest BCUT2D eigenvalue weighted by atomic mass is 32.2. The van der Waals surface area contributed by atoms with Crippen LogP contribution in [0.25, 0.3) is 0 Å². The molecule has 2 rings (SSSR count). The molecule has 1 fully saturated rings. The van der Waals surface area contributed by atoms with Crippen LogP contribution >= 0.6 is 0 Å². The average molecular weight is 610 g/mol. The summed E-state index contributed by atoms with van der Waals surface area (Å²) in [5.41, 5.74) is 18.0. The fourth-order valence-corrected chi connectivity index (χ4v) is 6.77. The number of hydrogen-bond donors (Lipinski definition) is 5. The van der Waals surface area contributed by atoms with E-state index < -0.39 is 28.0 Å². The zero-order chi connectivity index (χ0) is 31.1. The van der Waals surface area contributed by atoms with E-state index in [9.17, 15) is 22.8 Å². The maximum Gasteiger partial charge on any atom is 0.243 e. The zero-order valence-corrected chi connectivity index (χ0v) is 26.0. The third-order valence-corrected chi connectivity index (χ3v) is 9.90. The third kappa shape index (κ3) is 10.9. The first kappa shape index (κ1) is 35.6. The lowest BCUT2D eigenvalue weighted by molar-refractivity contribution is -0.135. The molecular weight excluding hydrogens is 558 g/mol. The van der Waals surface area contributed by atoms with Crippen LogP contribution in [0.4, 0.5) is 0 Å². The van der Waals surface area contributed by atoms with Gasteiger partial charge >= 0.3 is 0 Å². The number of carbonyl (C=O) groups is 3. The number of carbonyl (C=O) groups excluding carboxylic acids is 3. The summed E-state index contributed by atoms with van der Waals surface area (Å²) in [7, 11) is -3.58. The topological polar surface area (TPSA) is 194 Å². The number of amides is 3. The molecule has 13 heteroatoms. The summed E-state index contributed by atoms with van der Waals surface area (Å²) in [6, 6.07) is 4.47. The van der Waals surface area contributed by atoms with E-state index in [0.29, 0.717) is 38.5 Å². The maximum atomic E-state index is 13.3. The quantitative estimate of drug-likeness (QED) is 0.160. The van der Waals surface area contributed by atoms with Gasteiger partial charge in [-0.1, -0.05) is 58.1 Å². The van der Waals surface area contributed by atoms with E-state index in [0.717, 1.165) is 24.8 Å². The molecule has 238 valence electrons. The normalized spacial score (nSPS) is 15.7. The van der Waals surface area contributed by atoms with Crippen LogP contribution in [0.1, 0.15) is 70.8 Å². The molecule has 0 bridgehead atoms. The van der Waals surface area contributed by atoms with E-state index in [1.807, 2.05) is 0 Å². The lowest BCUT2D eigenvalue weighted by Crippen LogP contribution is -2.53. The van der Waals surface area contributed by atoms with E-state index in [-0.39, 0.29) is 42.8 Å². The Morgan fingerprint density at radius 1 is 0.952 bits per heavy atom. The van der Waals surface area contributed by atoms with Gasteiger partial charge in [-0.2, -0.15) is 4.31 Å². The molecule has 2 atom stereocenters. The van der Waals surface area contributed by atoms with Crippen molar-refractivity contribution < 1.29 is 22.8 Å². The number of nitrogens with zero attached hydrogens (tertiary/aromatic N) is 2. The molecule has 1 aromatic rings. The smallest absolute Gasteiger partial charge is 0.243 e. The Balaban J connectivity index is 2.05. The van der Waals surface area contributed by atoms with Gasteiger partial charge in [0.2, 0.25) is 27.7 Å². The van der Waals surface area contributed by atoms with Crippen LogP contribution in [0.5, 0.6) is 0 Å². The number of nitrogens with one attached hydrogen (secondary N) is 2. The maximum absolute atomic E-state index is 13.3. The molecule has 0 spiro atoms. The summed E-state index contributed by atoms with van der Waals surface area (Å²) in [5.74, 6) is -0.741. The molecule has 0 aliphatic heterocycles. The van der Waals surface area contributed by atoms with Gasteiger partial charge in [0.1, 0.15) is 6.04 Å². The van der Waals surface area contributed by atoms with Gasteiger partial charge in [0, 0.05) is 45.8 Å². The van der Waals surface area contributed by atoms with Crippen molar-refractivity contribution in [2.75, 3.05) is 39.3 Å². The summed E-state index contributed by atoms with van der Waals surface area (Å²) in [6.45, 7) is 5.67. The van der Waals surface area contributed by atoms with Crippen molar-refractivity contribution in [1.29, 1.82) is 0 Å². The first-order valence-corrected chi connectivity index (χ1v) is 16.6. The molecule has 42 heavy (non-hydrogen) atoms. The molecule has 0 aromatic heterocycles. The van der Waals surface area contributed by atoms with Gasteiger partial charge in [0.05, 0.1) is 17.4 Å². The van der Waals surface area contributed by atoms with E-state index in [2.05, 4.69) is 10.6 Å². The van der Waals surface area contributed by atoms with Crippen LogP contribution in [0, 0.1) is 5.92 Å². The lowest BCUT2D eigenvalue weighted by atomic mass is 9.85. The molecule has 1 aromatic carbocycles. The van der Waals surface area contributed by atoms with Crippen LogP contribution in [0.15, 0.2) is 29.2 Å². The Bertz CT molecular complexity index is 1080. The van der Waals surface area contributed by atoms with Crippen molar-refractivity contribution in [2.24, 2.45) is 23.1 Å². The molecular formula is C29H51N7O5S. The summed E-state index contributed by atoms with van der Waals surface area (Å²) in [6.07, 6.45) is 6.81. The van der Waals surface area contributed by atoms with Crippen LogP contribution in [-0.4, -0.2) is 86.7 Å². The van der Waals surface area contributed by atoms with E-state index in [1.165, 1.54) is 40.6 Å². The van der Waals surface area contributed by atoms with E-state index in [1.54, 1.807) is 26.0 Å². The van der Waals surface area contributed by atoms with E-state index in [4.69, 9.17) is 17.2 Å². The minimum absolute atomic E-state index is 0.165. The summed E-state index contributed by atoms with van der Waals surface area (Å²) >= 11 is 0. The van der Waals surface area contributed by atoms with Gasteiger partial charge in [-0.15, -0.1) is 0 Å². The van der Waals surface area contributed by atoms with Crippen molar-refractivity contribution in [3.05, 3.63) is 29.8 Å². The predicted octanol–water partition coefficient (Wildman–Crippen LogP) is 0.642. The summed E-state index contributed by atoms with van der Waals surface area (Å²) < 4.78 is 26.9. The standard InChI is InChI=1S/C29H51N7O5S/c1-3-36(4-2)42(40,41)24-13-10-23(11-14-24)21-33-29(39)26(15-12-22-8-6-5-7-9-22)34-28(38)25(32)20-27(37)35(18-16-30)19-17-31/h10-11,13-14,22,25-26H,3-9,12,15-21,30-32H2,1-2H3,(H,33,39)(H,34,38)/t25-,26-/m0/s1. The highest BCUT2D eigenvalue weighted by molar-refractivity contribution is 7.89. The second kappa shape index (κ2) is 18.2. The van der Waals surface area contributed by atoms with Gasteiger partial charge in [-0.3, -0.25) is 14.4 Å². The molecule has 0 saturated heterocycles. The number of sulfonamides is 1. The predicted molar refractivity (Wildman–Crippen MR) is 163 cm³/mol. The Morgan fingerprint density at radius 3 is 2.10 bits per heavy atom. The second-order valence-electron chi connectivity index (χ2n) is 10.9. The van der Waals surface area contributed by atoms with Crippen molar-refractivity contribution >= 4 is 27.7 Å². The van der Waals surface area contributed by atoms with Gasteiger partial charge in [0.15, 0.2) is 0 Å². The first-order chi connectivity index (χ1) is 20.1. The monoisotopic (exact) mass is 609 g/mol. The van der Waals surface area contributed by atoms with Crippen LogP contribution < -0.4 is 27.8 Å². The van der Waals surface area contributed by atoms with Crippen molar-refractivity contribution in [2.45, 2.75) is 88.7 Å². The molecule has 1 aliphatic rings. The highest BCUT2D eigenvalue weighted by Gasteiger charge is 2.28. The average Bonchev–Trinajstić information content (AvgIpc) is 2.98. The molecule has 1 aliphatic carbocycles. The lowest BCUT2D eigenvalue weighted by Gasteiger charge is -2.26. The molecule has 0 unspecified atom stereocenters. The van der Waals surface area contributed by atoms with Gasteiger partial charge in [0.25, 0.3) is 0 Å². The third-order valence-electron chi connectivity index (χ3n) is 7.84. The first-order valence-electron chi connectivity index (χ1n) is 15.2. The second-order valence-corrected chi connectivity index (χ2v) is 12.8. The SMILES string of the molecule is CCN(CC)S(=O)(=O)c1ccc(CNC(=O)[C@H](CCC2CCCCC2)NC(=O)[C@@H](N)CC(=O)N(CCN)CCN)cc1. The van der Waals surface area contributed by atoms with Crippen LogP contribution in [0.2, 0.25) is 0 Å². The summed E-state index contributed by atoms with van der Waals surface area (Å²) in [5, 5.41) is 5.64. The minimum atomic E-state index is -3.58. The van der Waals surface area contributed by atoms with Crippen molar-refractivity contribution in [3.63, 3.8) is 0 Å². The highest BCUT2D eigenvalue weighted by Crippen LogP contribution is 2.28. The fourth-order valence-electron chi connectivity index (χ4n) is 5.31. The van der Waals surface area contributed by atoms with Crippen LogP contribution in [0.3, 0.4) is 0 Å². The number of hydrogen-bond acceptors (Lipinski definition) is 8. The van der Waals surface area contributed by atoms with Gasteiger partial charge in [-0.05, 0) is 36.5 Å². The van der Waals surface area contributed by atoms with Gasteiger partial charge < -0.3 is 32.7 Å². The number of benzene rings is 1. The molecule has 1 saturated carbocycles. The Kier molecular flexibility index (Phi) is 15.4. The molecule has 12 nitrogen and oxygen atoms in total. The Hall–Kier alpha value is -2.58. The molecule has 8 N–H and O–H groups in total. The fraction of sp³-hybridized carbons (Fsp3) is 0.690. The Morgan fingerprint density at radius 2 is 1.55 bits per heavy atom. The molecule has 0 radical (unpaired) electrons. The minimum Gasteiger partial charge on any atom is -0.350 e. The van der Waals surface area contributed by atoms with Crippen molar-refractivity contribution in [3.8, 4) is 0 Å². The zero-order valence-electron chi connectivity index (χ0n) is 25.2. The van der Waals surface area contributed by atoms with Crippen LogP contribution in [-0.2, 0) is 31.0 Å².